The van der Waals surface area contributed by atoms with Crippen molar-refractivity contribution in [2.75, 3.05) is 6.79 Å². The fraction of sp³-hybridized carbons (Fsp3) is 0.208. The second kappa shape index (κ2) is 9.31. The average Bonchev–Trinajstić information content (AvgIpc) is 3.22. The Morgan fingerprint density at radius 1 is 0.867 bits per heavy atom. The van der Waals surface area contributed by atoms with E-state index < -0.39 is 0 Å². The molecule has 5 nitrogen and oxygen atoms in total. The Balaban J connectivity index is 1.43. The first-order valence-electron chi connectivity index (χ1n) is 9.87. The van der Waals surface area contributed by atoms with Crippen LogP contribution in [-0.4, -0.2) is 18.9 Å². The Labute approximate surface area is 174 Å². The van der Waals surface area contributed by atoms with Gasteiger partial charge in [-0.05, 0) is 53.8 Å². The molecule has 30 heavy (non-hydrogen) atoms. The highest BCUT2D eigenvalue weighted by Crippen LogP contribution is 2.32. The van der Waals surface area contributed by atoms with Crippen LogP contribution in [-0.2, 0) is 19.4 Å². The zero-order valence-corrected chi connectivity index (χ0v) is 16.4. The third-order valence-electron chi connectivity index (χ3n) is 4.95. The number of carbonyl (C=O) groups is 1. The van der Waals surface area contributed by atoms with Crippen molar-refractivity contribution < 1.29 is 18.7 Å². The summed E-state index contributed by atoms with van der Waals surface area (Å²) in [4.78, 5) is 12.5. The molecular formula is C24H23FN2O3. The van der Waals surface area contributed by atoms with E-state index in [9.17, 15) is 9.18 Å². The van der Waals surface area contributed by atoms with Crippen LogP contribution < -0.4 is 20.1 Å². The second-order valence-electron chi connectivity index (χ2n) is 7.23. The van der Waals surface area contributed by atoms with E-state index in [1.165, 1.54) is 12.1 Å². The van der Waals surface area contributed by atoms with Gasteiger partial charge in [-0.2, -0.15) is 0 Å². The van der Waals surface area contributed by atoms with Gasteiger partial charge >= 0.3 is 6.03 Å². The summed E-state index contributed by atoms with van der Waals surface area (Å²) in [6.07, 6.45) is 1.18. The van der Waals surface area contributed by atoms with Crippen LogP contribution in [0.3, 0.4) is 0 Å². The van der Waals surface area contributed by atoms with Crippen molar-refractivity contribution in [1.82, 2.24) is 10.6 Å². The maximum atomic E-state index is 13.3. The number of fused-ring (bicyclic) bond motifs is 1. The fourth-order valence-electron chi connectivity index (χ4n) is 3.45. The number of halogens is 1. The number of nitrogens with one attached hydrogen (secondary N) is 2. The lowest BCUT2D eigenvalue weighted by atomic mass is 9.98. The monoisotopic (exact) mass is 406 g/mol. The van der Waals surface area contributed by atoms with Gasteiger partial charge in [-0.15, -0.1) is 0 Å². The van der Waals surface area contributed by atoms with E-state index in [1.54, 1.807) is 12.1 Å². The maximum Gasteiger partial charge on any atom is 0.315 e. The third kappa shape index (κ3) is 5.29. The van der Waals surface area contributed by atoms with Crippen molar-refractivity contribution in [2.45, 2.75) is 25.4 Å². The summed E-state index contributed by atoms with van der Waals surface area (Å²) in [5.74, 6) is 1.16. The summed E-state index contributed by atoms with van der Waals surface area (Å²) < 4.78 is 24.1. The molecule has 1 aliphatic heterocycles. The first-order valence-corrected chi connectivity index (χ1v) is 9.87. The van der Waals surface area contributed by atoms with Crippen molar-refractivity contribution in [3.8, 4) is 11.5 Å². The minimum absolute atomic E-state index is 0.174. The molecule has 0 saturated heterocycles. The molecule has 1 atom stereocenters. The zero-order chi connectivity index (χ0) is 20.8. The van der Waals surface area contributed by atoms with Crippen molar-refractivity contribution in [3.63, 3.8) is 0 Å². The van der Waals surface area contributed by atoms with Gasteiger partial charge in [0.15, 0.2) is 11.5 Å². The molecule has 1 aliphatic rings. The van der Waals surface area contributed by atoms with Crippen molar-refractivity contribution in [3.05, 3.63) is 95.3 Å². The number of hydrogen-bond donors (Lipinski definition) is 2. The standard InChI is InChI=1S/C24H23FN2O3/c25-20-9-6-17(7-10-20)12-21(13-19-8-11-22-23(14-19)30-16-29-22)27-24(28)26-15-18-4-2-1-3-5-18/h1-11,14,21H,12-13,15-16H2,(H2,26,27,28). The van der Waals surface area contributed by atoms with Crippen LogP contribution in [0.15, 0.2) is 72.8 Å². The Kier molecular flexibility index (Phi) is 6.13. The molecule has 0 bridgehead atoms. The molecule has 6 heteroatoms. The zero-order valence-electron chi connectivity index (χ0n) is 16.4. The normalized spacial score (nSPS) is 13.0. The van der Waals surface area contributed by atoms with E-state index in [1.807, 2.05) is 48.5 Å². The molecule has 2 N–H and O–H groups in total. The number of ether oxygens (including phenoxy) is 2. The van der Waals surface area contributed by atoms with Gasteiger partial charge in [0.2, 0.25) is 6.79 Å². The molecule has 3 aromatic rings. The number of urea groups is 1. The topological polar surface area (TPSA) is 59.6 Å². The average molecular weight is 406 g/mol. The molecule has 1 heterocycles. The summed E-state index contributed by atoms with van der Waals surface area (Å²) in [6.45, 7) is 0.665. The predicted octanol–water partition coefficient (Wildman–Crippen LogP) is 4.21. The van der Waals surface area contributed by atoms with Crippen LogP contribution in [0.4, 0.5) is 9.18 Å². The van der Waals surface area contributed by atoms with Gasteiger partial charge in [-0.3, -0.25) is 0 Å². The molecule has 0 aliphatic carbocycles. The second-order valence-corrected chi connectivity index (χ2v) is 7.23. The molecule has 154 valence electrons. The molecule has 0 radical (unpaired) electrons. The molecule has 0 fully saturated rings. The SMILES string of the molecule is O=C(NCc1ccccc1)NC(Cc1ccc(F)cc1)Cc1ccc2c(c1)OCO2. The van der Waals surface area contributed by atoms with Gasteiger partial charge in [-0.25, -0.2) is 9.18 Å². The smallest absolute Gasteiger partial charge is 0.315 e. The van der Waals surface area contributed by atoms with Crippen LogP contribution in [0.1, 0.15) is 16.7 Å². The molecule has 0 saturated carbocycles. The number of amides is 2. The van der Waals surface area contributed by atoms with Crippen molar-refractivity contribution in [1.29, 1.82) is 0 Å². The van der Waals surface area contributed by atoms with Crippen LogP contribution in [0.5, 0.6) is 11.5 Å². The minimum Gasteiger partial charge on any atom is -0.454 e. The lowest BCUT2D eigenvalue weighted by Crippen LogP contribution is -2.43. The van der Waals surface area contributed by atoms with Gasteiger partial charge in [0.05, 0.1) is 0 Å². The Bertz CT molecular complexity index is 993. The number of carbonyl (C=O) groups excluding carboxylic acids is 1. The maximum absolute atomic E-state index is 13.3. The van der Waals surface area contributed by atoms with Crippen LogP contribution >= 0.6 is 0 Å². The Morgan fingerprint density at radius 3 is 2.37 bits per heavy atom. The summed E-state index contributed by atoms with van der Waals surface area (Å²) in [6, 6.07) is 21.4. The van der Waals surface area contributed by atoms with Gasteiger partial charge in [0, 0.05) is 12.6 Å². The first-order chi connectivity index (χ1) is 14.7. The van der Waals surface area contributed by atoms with E-state index in [4.69, 9.17) is 9.47 Å². The Morgan fingerprint density at radius 2 is 1.57 bits per heavy atom. The van der Waals surface area contributed by atoms with Crippen molar-refractivity contribution in [2.24, 2.45) is 0 Å². The first kappa shape index (κ1) is 19.8. The summed E-state index contributed by atoms with van der Waals surface area (Å²) in [7, 11) is 0. The highest BCUT2D eigenvalue weighted by molar-refractivity contribution is 5.74. The van der Waals surface area contributed by atoms with Crippen LogP contribution in [0, 0.1) is 5.82 Å². The van der Waals surface area contributed by atoms with E-state index in [-0.39, 0.29) is 24.7 Å². The number of benzene rings is 3. The summed E-state index contributed by atoms with van der Waals surface area (Å²) >= 11 is 0. The van der Waals surface area contributed by atoms with E-state index in [2.05, 4.69) is 10.6 Å². The summed E-state index contributed by atoms with van der Waals surface area (Å²) in [5, 5.41) is 5.95. The molecular weight excluding hydrogens is 383 g/mol. The Hall–Kier alpha value is -3.54. The van der Waals surface area contributed by atoms with E-state index in [0.717, 1.165) is 22.4 Å². The minimum atomic E-state index is -0.278. The number of hydrogen-bond acceptors (Lipinski definition) is 3. The molecule has 3 aromatic carbocycles. The summed E-state index contributed by atoms with van der Waals surface area (Å²) in [5.41, 5.74) is 3.00. The highest BCUT2D eigenvalue weighted by Gasteiger charge is 2.18. The quantitative estimate of drug-likeness (QED) is 0.618. The molecule has 0 spiro atoms. The lowest BCUT2D eigenvalue weighted by molar-refractivity contribution is 0.174. The number of rotatable bonds is 7. The van der Waals surface area contributed by atoms with E-state index >= 15 is 0 Å². The third-order valence-corrected chi connectivity index (χ3v) is 4.95. The largest absolute Gasteiger partial charge is 0.454 e. The van der Waals surface area contributed by atoms with E-state index in [0.29, 0.717) is 25.1 Å². The van der Waals surface area contributed by atoms with Crippen molar-refractivity contribution >= 4 is 6.03 Å². The van der Waals surface area contributed by atoms with Gasteiger partial charge in [0.25, 0.3) is 0 Å². The fourth-order valence-corrected chi connectivity index (χ4v) is 3.45. The van der Waals surface area contributed by atoms with Crippen LogP contribution in [0.25, 0.3) is 0 Å². The predicted molar refractivity (Wildman–Crippen MR) is 112 cm³/mol. The molecule has 2 amide bonds. The molecule has 4 rings (SSSR count). The van der Waals surface area contributed by atoms with Crippen LogP contribution in [0.2, 0.25) is 0 Å². The lowest BCUT2D eigenvalue weighted by Gasteiger charge is -2.20. The molecule has 1 unspecified atom stereocenters. The highest BCUT2D eigenvalue weighted by atomic mass is 19.1. The van der Waals surface area contributed by atoms with Gasteiger partial charge < -0.3 is 20.1 Å². The van der Waals surface area contributed by atoms with Gasteiger partial charge in [0.1, 0.15) is 5.82 Å². The molecule has 0 aromatic heterocycles. The van der Waals surface area contributed by atoms with Gasteiger partial charge in [-0.1, -0.05) is 48.5 Å².